The fraction of sp³-hybridized carbons (Fsp3) is 0.385. The number of rotatable bonds is 11. The van der Waals surface area contributed by atoms with Gasteiger partial charge in [0.2, 0.25) is 5.91 Å². The Hall–Kier alpha value is -3.59. The lowest BCUT2D eigenvalue weighted by Crippen LogP contribution is -2.28. The van der Waals surface area contributed by atoms with Crippen LogP contribution in [0, 0.1) is 5.92 Å². The van der Waals surface area contributed by atoms with E-state index in [2.05, 4.69) is 12.2 Å². The smallest absolute Gasteiger partial charge is 0.338 e. The van der Waals surface area contributed by atoms with Crippen LogP contribution in [0.4, 0.5) is 11.4 Å². The monoisotopic (exact) mass is 516 g/mol. The molecule has 1 aliphatic heterocycles. The highest BCUT2D eigenvalue weighted by Crippen LogP contribution is 2.28. The second kappa shape index (κ2) is 12.9. The van der Waals surface area contributed by atoms with Crippen LogP contribution in [0.5, 0.6) is 5.75 Å². The van der Waals surface area contributed by atoms with Gasteiger partial charge in [-0.15, -0.1) is 0 Å². The molecule has 1 atom stereocenters. The molecule has 0 aliphatic carbocycles. The molecule has 0 spiro atoms. The van der Waals surface area contributed by atoms with Crippen molar-refractivity contribution in [2.75, 3.05) is 37.1 Å². The summed E-state index contributed by atoms with van der Waals surface area (Å²) in [5, 5.41) is 2.99. The summed E-state index contributed by atoms with van der Waals surface area (Å²) in [6.07, 6.45) is 2.81. The van der Waals surface area contributed by atoms with Crippen molar-refractivity contribution in [2.45, 2.75) is 32.6 Å². The molecule has 36 heavy (non-hydrogen) atoms. The number of methoxy groups -OCH3 is 1. The average Bonchev–Trinajstić information content (AvgIpc) is 3.27. The molecule has 3 rings (SSSR count). The minimum atomic E-state index is -0.714. The zero-order chi connectivity index (χ0) is 26.1. The van der Waals surface area contributed by atoms with E-state index in [4.69, 9.17) is 25.8 Å². The zero-order valence-corrected chi connectivity index (χ0v) is 21.0. The minimum Gasteiger partial charge on any atom is -0.495 e. The standard InChI is InChI=1S/C26H29ClN2O7/c1-3-4-5-12-35-25(32)17-6-9-20(10-7-17)29-15-18(13-24(29)31)26(33)36-16-23(30)28-21-14-19(27)8-11-22(21)34-2/h6-11,14,18H,3-5,12-13,15-16H2,1-2H3,(H,28,30)/t18-/m1/s1. The Bertz CT molecular complexity index is 1100. The number of benzene rings is 2. The highest BCUT2D eigenvalue weighted by atomic mass is 35.5. The predicted molar refractivity (Wildman–Crippen MR) is 134 cm³/mol. The van der Waals surface area contributed by atoms with E-state index in [1.54, 1.807) is 36.4 Å². The maximum absolute atomic E-state index is 12.5. The quantitative estimate of drug-likeness (QED) is 0.351. The van der Waals surface area contributed by atoms with Gasteiger partial charge in [0.1, 0.15) is 5.75 Å². The predicted octanol–water partition coefficient (Wildman–Crippen LogP) is 4.23. The first-order valence-electron chi connectivity index (χ1n) is 11.7. The zero-order valence-electron chi connectivity index (χ0n) is 20.3. The summed E-state index contributed by atoms with van der Waals surface area (Å²) < 4.78 is 15.5. The van der Waals surface area contributed by atoms with Crippen LogP contribution in [-0.2, 0) is 23.9 Å². The third-order valence-corrected chi connectivity index (χ3v) is 5.87. The molecule has 0 bridgehead atoms. The number of carbonyl (C=O) groups is 4. The summed E-state index contributed by atoms with van der Waals surface area (Å²) in [5.74, 6) is -2.19. The van der Waals surface area contributed by atoms with Crippen LogP contribution < -0.4 is 15.0 Å². The van der Waals surface area contributed by atoms with Gasteiger partial charge in [0.15, 0.2) is 6.61 Å². The first-order valence-corrected chi connectivity index (χ1v) is 12.1. The molecule has 1 fully saturated rings. The number of carbonyl (C=O) groups excluding carboxylic acids is 4. The van der Waals surface area contributed by atoms with Crippen LogP contribution in [0.2, 0.25) is 5.02 Å². The van der Waals surface area contributed by atoms with Gasteiger partial charge in [-0.1, -0.05) is 31.4 Å². The van der Waals surface area contributed by atoms with E-state index in [0.29, 0.717) is 34.3 Å². The lowest BCUT2D eigenvalue weighted by atomic mass is 10.1. The Morgan fingerprint density at radius 1 is 1.08 bits per heavy atom. The first kappa shape index (κ1) is 27.0. The second-order valence-corrected chi connectivity index (χ2v) is 8.73. The Kier molecular flexibility index (Phi) is 9.69. The molecule has 0 unspecified atom stereocenters. The van der Waals surface area contributed by atoms with E-state index in [9.17, 15) is 19.2 Å². The molecular formula is C26H29ClN2O7. The fourth-order valence-corrected chi connectivity index (χ4v) is 3.88. The van der Waals surface area contributed by atoms with E-state index in [-0.39, 0.29) is 18.9 Å². The van der Waals surface area contributed by atoms with Gasteiger partial charge >= 0.3 is 11.9 Å². The normalized spacial score (nSPS) is 14.9. The molecule has 2 aromatic rings. The van der Waals surface area contributed by atoms with E-state index < -0.39 is 30.4 Å². The molecule has 1 saturated heterocycles. The van der Waals surface area contributed by atoms with Gasteiger partial charge in [-0.3, -0.25) is 14.4 Å². The third-order valence-electron chi connectivity index (χ3n) is 5.64. The molecule has 192 valence electrons. The molecule has 0 saturated carbocycles. The summed E-state index contributed by atoms with van der Waals surface area (Å²) in [6, 6.07) is 11.2. The molecule has 2 amide bonds. The largest absolute Gasteiger partial charge is 0.495 e. The molecule has 1 aliphatic rings. The van der Waals surface area contributed by atoms with Crippen LogP contribution in [0.25, 0.3) is 0 Å². The summed E-state index contributed by atoms with van der Waals surface area (Å²) >= 11 is 5.95. The lowest BCUT2D eigenvalue weighted by molar-refractivity contribution is -0.151. The number of halogens is 1. The number of ether oxygens (including phenoxy) is 3. The second-order valence-electron chi connectivity index (χ2n) is 8.30. The van der Waals surface area contributed by atoms with Crippen LogP contribution in [-0.4, -0.2) is 50.6 Å². The molecule has 9 nitrogen and oxygen atoms in total. The first-order chi connectivity index (χ1) is 17.3. The topological polar surface area (TPSA) is 111 Å². The molecule has 1 N–H and O–H groups in total. The third kappa shape index (κ3) is 7.21. The average molecular weight is 517 g/mol. The van der Waals surface area contributed by atoms with Crippen LogP contribution >= 0.6 is 11.6 Å². The number of nitrogens with one attached hydrogen (secondary N) is 1. The van der Waals surface area contributed by atoms with Crippen molar-refractivity contribution < 1.29 is 33.4 Å². The van der Waals surface area contributed by atoms with Gasteiger partial charge in [-0.2, -0.15) is 0 Å². The summed E-state index contributed by atoms with van der Waals surface area (Å²) in [4.78, 5) is 50.9. The highest BCUT2D eigenvalue weighted by molar-refractivity contribution is 6.31. The van der Waals surface area contributed by atoms with E-state index >= 15 is 0 Å². The van der Waals surface area contributed by atoms with Crippen LogP contribution in [0.15, 0.2) is 42.5 Å². The number of anilines is 2. The van der Waals surface area contributed by atoms with Crippen molar-refractivity contribution >= 4 is 46.7 Å². The summed E-state index contributed by atoms with van der Waals surface area (Å²) in [5.41, 5.74) is 1.30. The van der Waals surface area contributed by atoms with Gasteiger partial charge in [0, 0.05) is 23.7 Å². The molecule has 0 aromatic heterocycles. The fourth-order valence-electron chi connectivity index (χ4n) is 3.71. The SMILES string of the molecule is CCCCCOC(=O)c1ccc(N2C[C@H](C(=O)OCC(=O)Nc3cc(Cl)ccc3OC)CC2=O)cc1. The molecule has 10 heteroatoms. The van der Waals surface area contributed by atoms with Crippen molar-refractivity contribution in [1.29, 1.82) is 0 Å². The van der Waals surface area contributed by atoms with E-state index in [0.717, 1.165) is 19.3 Å². The minimum absolute atomic E-state index is 0.0379. The number of unbranched alkanes of at least 4 members (excludes halogenated alkanes) is 2. The molecular weight excluding hydrogens is 488 g/mol. The Morgan fingerprint density at radius 3 is 2.53 bits per heavy atom. The van der Waals surface area contributed by atoms with Gasteiger partial charge in [0.25, 0.3) is 5.91 Å². The highest BCUT2D eigenvalue weighted by Gasteiger charge is 2.36. The van der Waals surface area contributed by atoms with Gasteiger partial charge in [-0.05, 0) is 48.9 Å². The summed E-state index contributed by atoms with van der Waals surface area (Å²) in [6.45, 7) is 2.03. The molecule has 2 aromatic carbocycles. The maximum atomic E-state index is 12.5. The van der Waals surface area contributed by atoms with E-state index in [1.165, 1.54) is 18.1 Å². The van der Waals surface area contributed by atoms with Crippen molar-refractivity contribution in [1.82, 2.24) is 0 Å². The van der Waals surface area contributed by atoms with Gasteiger partial charge < -0.3 is 24.4 Å². The summed E-state index contributed by atoms with van der Waals surface area (Å²) in [7, 11) is 1.45. The number of amides is 2. The van der Waals surface area contributed by atoms with Gasteiger partial charge in [-0.25, -0.2) is 4.79 Å². The number of hydrogen-bond acceptors (Lipinski definition) is 7. The number of nitrogens with zero attached hydrogens (tertiary/aromatic N) is 1. The van der Waals surface area contributed by atoms with Crippen LogP contribution in [0.1, 0.15) is 43.0 Å². The Labute approximate surface area is 214 Å². The van der Waals surface area contributed by atoms with Crippen molar-refractivity contribution in [3.05, 3.63) is 53.1 Å². The van der Waals surface area contributed by atoms with Crippen molar-refractivity contribution in [3.63, 3.8) is 0 Å². The number of esters is 2. The van der Waals surface area contributed by atoms with Gasteiger partial charge in [0.05, 0.1) is 30.9 Å². The maximum Gasteiger partial charge on any atom is 0.338 e. The van der Waals surface area contributed by atoms with Crippen molar-refractivity contribution in [2.24, 2.45) is 5.92 Å². The van der Waals surface area contributed by atoms with Crippen LogP contribution in [0.3, 0.4) is 0 Å². The van der Waals surface area contributed by atoms with E-state index in [1.807, 2.05) is 0 Å². The lowest BCUT2D eigenvalue weighted by Gasteiger charge is -2.17. The van der Waals surface area contributed by atoms with Crippen molar-refractivity contribution in [3.8, 4) is 5.75 Å². The Balaban J connectivity index is 1.50. The Morgan fingerprint density at radius 2 is 1.83 bits per heavy atom. The number of hydrogen-bond donors (Lipinski definition) is 1. The molecule has 1 heterocycles. The molecule has 0 radical (unpaired) electrons.